The van der Waals surface area contributed by atoms with Gasteiger partial charge in [0.15, 0.2) is 0 Å². The van der Waals surface area contributed by atoms with Gasteiger partial charge in [-0.3, -0.25) is 0 Å². The van der Waals surface area contributed by atoms with E-state index in [4.69, 9.17) is 5.73 Å². The van der Waals surface area contributed by atoms with Crippen LogP contribution >= 0.6 is 0 Å². The lowest BCUT2D eigenvalue weighted by Crippen LogP contribution is -2.03. The van der Waals surface area contributed by atoms with Gasteiger partial charge in [-0.05, 0) is 24.1 Å². The fourth-order valence-corrected chi connectivity index (χ4v) is 1.95. The summed E-state index contributed by atoms with van der Waals surface area (Å²) in [6.45, 7) is 3.49. The highest BCUT2D eigenvalue weighted by Crippen LogP contribution is 2.18. The standard InChI is InChI=1S/C12H17N3O/c1-2-5-15-11-4-3-9(7-13)6-10(11)14-12(15)8-16/h3-4,6,16H,2,5,7-8,13H2,1H3. The number of imidazole rings is 1. The summed E-state index contributed by atoms with van der Waals surface area (Å²) in [5.74, 6) is 0.728. The number of hydrogen-bond donors (Lipinski definition) is 2. The second-order valence-corrected chi connectivity index (χ2v) is 3.86. The van der Waals surface area contributed by atoms with E-state index in [1.807, 2.05) is 18.2 Å². The molecule has 4 nitrogen and oxygen atoms in total. The van der Waals surface area contributed by atoms with Crippen LogP contribution < -0.4 is 5.73 Å². The maximum atomic E-state index is 9.26. The second-order valence-electron chi connectivity index (χ2n) is 3.86. The molecule has 0 saturated heterocycles. The SMILES string of the molecule is CCCn1c(CO)nc2cc(CN)ccc21. The van der Waals surface area contributed by atoms with Crippen molar-refractivity contribution in [2.45, 2.75) is 33.0 Å². The first-order valence-electron chi connectivity index (χ1n) is 5.59. The zero-order valence-electron chi connectivity index (χ0n) is 9.48. The van der Waals surface area contributed by atoms with Crippen LogP contribution in [0.5, 0.6) is 0 Å². The van der Waals surface area contributed by atoms with Gasteiger partial charge in [-0.15, -0.1) is 0 Å². The Kier molecular flexibility index (Phi) is 3.22. The molecule has 3 N–H and O–H groups in total. The van der Waals surface area contributed by atoms with Crippen molar-refractivity contribution >= 4 is 11.0 Å². The Balaban J connectivity index is 2.58. The molecule has 0 fully saturated rings. The molecule has 2 rings (SSSR count). The summed E-state index contributed by atoms with van der Waals surface area (Å²) in [5, 5.41) is 9.26. The molecule has 1 aromatic carbocycles. The Morgan fingerprint density at radius 1 is 1.44 bits per heavy atom. The van der Waals surface area contributed by atoms with Crippen LogP contribution in [0, 0.1) is 0 Å². The second kappa shape index (κ2) is 4.63. The molecule has 0 amide bonds. The van der Waals surface area contributed by atoms with Crippen molar-refractivity contribution in [1.82, 2.24) is 9.55 Å². The highest BCUT2D eigenvalue weighted by Gasteiger charge is 2.09. The number of aromatic nitrogens is 2. The van der Waals surface area contributed by atoms with Gasteiger partial charge in [0.05, 0.1) is 11.0 Å². The van der Waals surface area contributed by atoms with Gasteiger partial charge in [-0.25, -0.2) is 4.98 Å². The number of rotatable bonds is 4. The molecule has 4 heteroatoms. The topological polar surface area (TPSA) is 64.1 Å². The molecule has 1 heterocycles. The number of aliphatic hydroxyl groups is 1. The highest BCUT2D eigenvalue weighted by atomic mass is 16.3. The number of benzene rings is 1. The minimum absolute atomic E-state index is 0.0212. The molecule has 1 aromatic heterocycles. The summed E-state index contributed by atoms with van der Waals surface area (Å²) < 4.78 is 2.07. The molecule has 86 valence electrons. The van der Waals surface area contributed by atoms with Gasteiger partial charge < -0.3 is 15.4 Å². The number of nitrogens with two attached hydrogens (primary N) is 1. The summed E-state index contributed by atoms with van der Waals surface area (Å²) in [4.78, 5) is 4.42. The number of aryl methyl sites for hydroxylation is 1. The zero-order chi connectivity index (χ0) is 11.5. The van der Waals surface area contributed by atoms with Gasteiger partial charge in [-0.1, -0.05) is 13.0 Å². The molecule has 0 atom stereocenters. The smallest absolute Gasteiger partial charge is 0.135 e. The Morgan fingerprint density at radius 3 is 2.88 bits per heavy atom. The summed E-state index contributed by atoms with van der Waals surface area (Å²) in [7, 11) is 0. The monoisotopic (exact) mass is 219 g/mol. The van der Waals surface area contributed by atoms with Crippen LogP contribution in [0.25, 0.3) is 11.0 Å². The van der Waals surface area contributed by atoms with Crippen LogP contribution in [0.15, 0.2) is 18.2 Å². The van der Waals surface area contributed by atoms with Gasteiger partial charge in [0.2, 0.25) is 0 Å². The first kappa shape index (κ1) is 11.1. The summed E-state index contributed by atoms with van der Waals surface area (Å²) in [6, 6.07) is 6.03. The normalized spacial score (nSPS) is 11.2. The third-order valence-corrected chi connectivity index (χ3v) is 2.72. The van der Waals surface area contributed by atoms with Crippen LogP contribution in [0.2, 0.25) is 0 Å². The van der Waals surface area contributed by atoms with Crippen molar-refractivity contribution in [2.24, 2.45) is 5.73 Å². The van der Waals surface area contributed by atoms with Gasteiger partial charge in [-0.2, -0.15) is 0 Å². The predicted octanol–water partition coefficient (Wildman–Crippen LogP) is 1.40. The molecule has 0 spiro atoms. The van der Waals surface area contributed by atoms with Gasteiger partial charge >= 0.3 is 0 Å². The lowest BCUT2D eigenvalue weighted by molar-refractivity contribution is 0.265. The number of hydrogen-bond acceptors (Lipinski definition) is 3. The van der Waals surface area contributed by atoms with Gasteiger partial charge in [0.25, 0.3) is 0 Å². The average Bonchev–Trinajstić information content (AvgIpc) is 2.67. The van der Waals surface area contributed by atoms with Crippen molar-refractivity contribution in [2.75, 3.05) is 0 Å². The van der Waals surface area contributed by atoms with E-state index < -0.39 is 0 Å². The number of nitrogens with zero attached hydrogens (tertiary/aromatic N) is 2. The van der Waals surface area contributed by atoms with Crippen LogP contribution in [0.3, 0.4) is 0 Å². The molecule has 0 aliphatic carbocycles. The van der Waals surface area contributed by atoms with E-state index in [0.29, 0.717) is 6.54 Å². The zero-order valence-corrected chi connectivity index (χ0v) is 9.48. The maximum absolute atomic E-state index is 9.26. The fraction of sp³-hybridized carbons (Fsp3) is 0.417. The van der Waals surface area contributed by atoms with Crippen molar-refractivity contribution in [3.63, 3.8) is 0 Å². The Labute approximate surface area is 94.7 Å². The Bertz CT molecular complexity index is 490. The Hall–Kier alpha value is -1.39. The van der Waals surface area contributed by atoms with E-state index in [2.05, 4.69) is 16.5 Å². The minimum atomic E-state index is -0.0212. The lowest BCUT2D eigenvalue weighted by atomic mass is 10.2. The Morgan fingerprint density at radius 2 is 2.25 bits per heavy atom. The molecule has 0 aliphatic rings. The quantitative estimate of drug-likeness (QED) is 0.817. The first-order valence-corrected chi connectivity index (χ1v) is 5.59. The summed E-state index contributed by atoms with van der Waals surface area (Å²) in [6.07, 6.45) is 1.02. The minimum Gasteiger partial charge on any atom is -0.388 e. The van der Waals surface area contributed by atoms with E-state index in [0.717, 1.165) is 35.4 Å². The van der Waals surface area contributed by atoms with Gasteiger partial charge in [0.1, 0.15) is 12.4 Å². The third-order valence-electron chi connectivity index (χ3n) is 2.72. The van der Waals surface area contributed by atoms with Crippen molar-refractivity contribution in [3.8, 4) is 0 Å². The molecule has 0 aliphatic heterocycles. The molecule has 0 unspecified atom stereocenters. The average molecular weight is 219 g/mol. The highest BCUT2D eigenvalue weighted by molar-refractivity contribution is 5.76. The molecule has 2 aromatic rings. The summed E-state index contributed by atoms with van der Waals surface area (Å²) in [5.41, 5.74) is 8.65. The first-order chi connectivity index (χ1) is 7.80. The molecule has 0 saturated carbocycles. The van der Waals surface area contributed by atoms with Crippen molar-refractivity contribution < 1.29 is 5.11 Å². The van der Waals surface area contributed by atoms with E-state index >= 15 is 0 Å². The van der Waals surface area contributed by atoms with Crippen LogP contribution in [-0.2, 0) is 19.7 Å². The molecular weight excluding hydrogens is 202 g/mol. The predicted molar refractivity (Wildman–Crippen MR) is 63.8 cm³/mol. The number of aliphatic hydroxyl groups excluding tert-OH is 1. The van der Waals surface area contributed by atoms with Crippen molar-refractivity contribution in [1.29, 1.82) is 0 Å². The van der Waals surface area contributed by atoms with E-state index in [1.54, 1.807) is 0 Å². The van der Waals surface area contributed by atoms with Crippen LogP contribution in [0.1, 0.15) is 24.7 Å². The molecule has 0 radical (unpaired) electrons. The molecular formula is C12H17N3O. The lowest BCUT2D eigenvalue weighted by Gasteiger charge is -2.05. The summed E-state index contributed by atoms with van der Waals surface area (Å²) >= 11 is 0. The van der Waals surface area contributed by atoms with Gasteiger partial charge in [0, 0.05) is 13.1 Å². The van der Waals surface area contributed by atoms with Crippen LogP contribution in [-0.4, -0.2) is 14.7 Å². The van der Waals surface area contributed by atoms with E-state index in [9.17, 15) is 5.11 Å². The fourth-order valence-electron chi connectivity index (χ4n) is 1.95. The van der Waals surface area contributed by atoms with Crippen LogP contribution in [0.4, 0.5) is 0 Å². The molecule has 16 heavy (non-hydrogen) atoms. The van der Waals surface area contributed by atoms with Crippen molar-refractivity contribution in [3.05, 3.63) is 29.6 Å². The largest absolute Gasteiger partial charge is 0.388 e. The van der Waals surface area contributed by atoms with E-state index in [1.165, 1.54) is 0 Å². The van der Waals surface area contributed by atoms with E-state index in [-0.39, 0.29) is 6.61 Å². The number of fused-ring (bicyclic) bond motifs is 1. The molecule has 0 bridgehead atoms. The maximum Gasteiger partial charge on any atom is 0.135 e. The third kappa shape index (κ3) is 1.81.